The van der Waals surface area contributed by atoms with E-state index in [0.29, 0.717) is 5.92 Å². The van der Waals surface area contributed by atoms with E-state index in [0.717, 1.165) is 18.9 Å². The molecule has 0 aliphatic heterocycles. The molecule has 0 bridgehead atoms. The molecule has 0 radical (unpaired) electrons. The number of nitrogens with zero attached hydrogens (tertiary/aromatic N) is 6. The summed E-state index contributed by atoms with van der Waals surface area (Å²) in [4.78, 5) is 6.75. The predicted octanol–water partition coefficient (Wildman–Crippen LogP) is 4.22. The van der Waals surface area contributed by atoms with Crippen molar-refractivity contribution in [2.75, 3.05) is 0 Å². The number of pyridine rings is 1. The molecule has 6 nitrogen and oxygen atoms in total. The van der Waals surface area contributed by atoms with E-state index in [2.05, 4.69) is 96.4 Å². The summed E-state index contributed by atoms with van der Waals surface area (Å²) >= 11 is 0. The van der Waals surface area contributed by atoms with Crippen molar-refractivity contribution < 1.29 is 0 Å². The van der Waals surface area contributed by atoms with Crippen LogP contribution in [0, 0.1) is 5.92 Å². The van der Waals surface area contributed by atoms with E-state index in [1.807, 2.05) is 23.1 Å². The lowest BCUT2D eigenvalue weighted by molar-refractivity contribution is 0.120. The van der Waals surface area contributed by atoms with E-state index in [1.165, 1.54) is 11.1 Å². The van der Waals surface area contributed by atoms with Gasteiger partial charge in [-0.15, -0.1) is 5.10 Å². The SMILES string of the molecule is CC(C)C(c1nnnn1C(C)(C)C)N(Cc1ccccc1)Cc1cccnc1. The maximum Gasteiger partial charge on any atom is 0.169 e. The molecule has 28 heavy (non-hydrogen) atoms. The molecule has 1 atom stereocenters. The summed E-state index contributed by atoms with van der Waals surface area (Å²) in [6, 6.07) is 14.7. The summed E-state index contributed by atoms with van der Waals surface area (Å²) in [6.07, 6.45) is 3.74. The van der Waals surface area contributed by atoms with E-state index >= 15 is 0 Å². The molecule has 1 aromatic carbocycles. The fraction of sp³-hybridized carbons (Fsp3) is 0.455. The van der Waals surface area contributed by atoms with Crippen LogP contribution in [-0.4, -0.2) is 30.1 Å². The number of rotatable bonds is 7. The van der Waals surface area contributed by atoms with E-state index in [-0.39, 0.29) is 11.6 Å². The Bertz CT molecular complexity index is 810. The first-order chi connectivity index (χ1) is 13.4. The van der Waals surface area contributed by atoms with Crippen molar-refractivity contribution in [2.45, 2.75) is 59.3 Å². The Hall–Kier alpha value is -2.60. The van der Waals surface area contributed by atoms with Gasteiger partial charge in [0.1, 0.15) is 0 Å². The Morgan fingerprint density at radius 2 is 1.64 bits per heavy atom. The van der Waals surface area contributed by atoms with Crippen molar-refractivity contribution in [3.63, 3.8) is 0 Å². The molecule has 1 unspecified atom stereocenters. The Kier molecular flexibility index (Phi) is 6.19. The third-order valence-corrected chi connectivity index (χ3v) is 4.76. The van der Waals surface area contributed by atoms with Gasteiger partial charge in [0.25, 0.3) is 0 Å². The average Bonchev–Trinajstić information content (AvgIpc) is 3.13. The minimum Gasteiger partial charge on any atom is -0.284 e. The molecule has 0 fully saturated rings. The van der Waals surface area contributed by atoms with E-state index in [4.69, 9.17) is 0 Å². The molecule has 0 spiro atoms. The van der Waals surface area contributed by atoms with Crippen LogP contribution in [0.3, 0.4) is 0 Å². The van der Waals surface area contributed by atoms with Crippen molar-refractivity contribution >= 4 is 0 Å². The molecule has 6 heteroatoms. The third kappa shape index (κ3) is 4.81. The molecule has 3 rings (SSSR count). The molecule has 3 aromatic rings. The number of hydrogen-bond acceptors (Lipinski definition) is 5. The van der Waals surface area contributed by atoms with Gasteiger partial charge in [-0.3, -0.25) is 9.88 Å². The number of hydrogen-bond donors (Lipinski definition) is 0. The van der Waals surface area contributed by atoms with Gasteiger partial charge in [-0.25, -0.2) is 4.68 Å². The minimum absolute atomic E-state index is 0.0784. The average molecular weight is 379 g/mol. The van der Waals surface area contributed by atoms with Crippen LogP contribution in [-0.2, 0) is 18.6 Å². The maximum atomic E-state index is 4.45. The van der Waals surface area contributed by atoms with Crippen molar-refractivity contribution in [2.24, 2.45) is 5.92 Å². The lowest BCUT2D eigenvalue weighted by Gasteiger charge is -2.35. The topological polar surface area (TPSA) is 59.7 Å². The minimum atomic E-state index is -0.182. The van der Waals surface area contributed by atoms with Crippen LogP contribution in [0.25, 0.3) is 0 Å². The van der Waals surface area contributed by atoms with Crippen LogP contribution in [0.5, 0.6) is 0 Å². The standard InChI is InChI=1S/C22H30N6/c1-17(2)20(21-24-25-26-28(21)22(3,4)5)27(15-18-10-7-6-8-11-18)16-19-12-9-13-23-14-19/h6-14,17,20H,15-16H2,1-5H3. The summed E-state index contributed by atoms with van der Waals surface area (Å²) in [7, 11) is 0. The first kappa shape index (κ1) is 20.1. The van der Waals surface area contributed by atoms with Crippen molar-refractivity contribution in [3.05, 3.63) is 71.8 Å². The lowest BCUT2D eigenvalue weighted by Crippen LogP contribution is -2.36. The summed E-state index contributed by atoms with van der Waals surface area (Å²) in [5, 5.41) is 12.8. The van der Waals surface area contributed by atoms with Crippen LogP contribution in [0.15, 0.2) is 54.9 Å². The van der Waals surface area contributed by atoms with Gasteiger partial charge in [-0.2, -0.15) is 0 Å². The normalized spacial score (nSPS) is 13.2. The number of tetrazole rings is 1. The van der Waals surface area contributed by atoms with Gasteiger partial charge in [0.2, 0.25) is 0 Å². The van der Waals surface area contributed by atoms with Crippen LogP contribution in [0.4, 0.5) is 0 Å². The second-order valence-electron chi connectivity index (χ2n) is 8.56. The molecular weight excluding hydrogens is 348 g/mol. The van der Waals surface area contributed by atoms with Gasteiger partial charge < -0.3 is 0 Å². The molecule has 0 aliphatic rings. The molecule has 0 aliphatic carbocycles. The highest BCUT2D eigenvalue weighted by Crippen LogP contribution is 2.32. The summed E-state index contributed by atoms with van der Waals surface area (Å²) in [5.74, 6) is 1.25. The van der Waals surface area contributed by atoms with E-state index < -0.39 is 0 Å². The van der Waals surface area contributed by atoms with Gasteiger partial charge in [0.05, 0.1) is 11.6 Å². The van der Waals surface area contributed by atoms with Gasteiger partial charge in [-0.05, 0) is 54.3 Å². The van der Waals surface area contributed by atoms with Gasteiger partial charge >= 0.3 is 0 Å². The summed E-state index contributed by atoms with van der Waals surface area (Å²) < 4.78 is 1.96. The fourth-order valence-corrected chi connectivity index (χ4v) is 3.54. The molecular formula is C22H30N6. The van der Waals surface area contributed by atoms with Crippen LogP contribution < -0.4 is 0 Å². The molecule has 148 valence electrons. The van der Waals surface area contributed by atoms with Crippen molar-refractivity contribution in [1.82, 2.24) is 30.1 Å². The van der Waals surface area contributed by atoms with Crippen molar-refractivity contribution in [3.8, 4) is 0 Å². The molecule has 0 saturated carbocycles. The van der Waals surface area contributed by atoms with Crippen LogP contribution in [0.2, 0.25) is 0 Å². The second-order valence-corrected chi connectivity index (χ2v) is 8.56. The fourth-order valence-electron chi connectivity index (χ4n) is 3.54. The number of benzene rings is 1. The molecule has 2 aromatic heterocycles. The Morgan fingerprint density at radius 1 is 0.964 bits per heavy atom. The van der Waals surface area contributed by atoms with Crippen LogP contribution >= 0.6 is 0 Å². The maximum absolute atomic E-state index is 4.45. The number of aromatic nitrogens is 5. The monoisotopic (exact) mass is 378 g/mol. The van der Waals surface area contributed by atoms with Gasteiger partial charge in [0, 0.05) is 25.5 Å². The third-order valence-electron chi connectivity index (χ3n) is 4.76. The first-order valence-electron chi connectivity index (χ1n) is 9.82. The Morgan fingerprint density at radius 3 is 2.25 bits per heavy atom. The molecule has 2 heterocycles. The molecule has 0 N–H and O–H groups in total. The second kappa shape index (κ2) is 8.61. The highest BCUT2D eigenvalue weighted by atomic mass is 15.6. The van der Waals surface area contributed by atoms with E-state index in [9.17, 15) is 0 Å². The van der Waals surface area contributed by atoms with Crippen molar-refractivity contribution in [1.29, 1.82) is 0 Å². The highest BCUT2D eigenvalue weighted by molar-refractivity contribution is 5.16. The Balaban J connectivity index is 2.01. The largest absolute Gasteiger partial charge is 0.284 e. The van der Waals surface area contributed by atoms with Crippen LogP contribution in [0.1, 0.15) is 57.6 Å². The zero-order valence-electron chi connectivity index (χ0n) is 17.4. The summed E-state index contributed by atoms with van der Waals surface area (Å²) in [6.45, 7) is 12.5. The first-order valence-corrected chi connectivity index (χ1v) is 9.82. The molecule has 0 amide bonds. The predicted molar refractivity (Wildman–Crippen MR) is 110 cm³/mol. The smallest absolute Gasteiger partial charge is 0.169 e. The Labute approximate surface area is 167 Å². The van der Waals surface area contributed by atoms with Gasteiger partial charge in [-0.1, -0.05) is 50.2 Å². The highest BCUT2D eigenvalue weighted by Gasteiger charge is 2.32. The zero-order valence-corrected chi connectivity index (χ0v) is 17.4. The van der Waals surface area contributed by atoms with E-state index in [1.54, 1.807) is 0 Å². The lowest BCUT2D eigenvalue weighted by atomic mass is 9.98. The molecule has 0 saturated heterocycles. The zero-order chi connectivity index (χ0) is 20.1. The summed E-state index contributed by atoms with van der Waals surface area (Å²) in [5.41, 5.74) is 2.27. The quantitative estimate of drug-likeness (QED) is 0.616. The van der Waals surface area contributed by atoms with Gasteiger partial charge in [0.15, 0.2) is 5.82 Å².